The summed E-state index contributed by atoms with van der Waals surface area (Å²) in [6, 6.07) is 12.1. The van der Waals surface area contributed by atoms with Gasteiger partial charge in [-0.05, 0) is 63.1 Å². The quantitative estimate of drug-likeness (QED) is 0.535. The van der Waals surface area contributed by atoms with E-state index in [1.807, 2.05) is 94.5 Å². The first kappa shape index (κ1) is 28.2. The van der Waals surface area contributed by atoms with Gasteiger partial charge in [-0.3, -0.25) is 14.4 Å². The van der Waals surface area contributed by atoms with Crippen molar-refractivity contribution in [2.24, 2.45) is 11.8 Å². The monoisotopic (exact) mass is 571 g/mol. The van der Waals surface area contributed by atoms with E-state index in [-0.39, 0.29) is 30.9 Å². The molecule has 4 heterocycles. The van der Waals surface area contributed by atoms with E-state index in [4.69, 9.17) is 9.47 Å². The largest absolute Gasteiger partial charge is 0.494 e. The number of nitrogens with zero attached hydrogens (tertiary/aromatic N) is 3. The van der Waals surface area contributed by atoms with Crippen molar-refractivity contribution in [3.8, 4) is 5.75 Å². The number of aliphatic hydroxyl groups is 1. The van der Waals surface area contributed by atoms with E-state index >= 15 is 0 Å². The molecule has 220 valence electrons. The molecule has 3 amide bonds. The molecule has 1 spiro atoms. The molecular weight excluding hydrogens is 534 g/mol. The Morgan fingerprint density at radius 2 is 1.57 bits per heavy atom. The molecule has 6 rings (SSSR count). The molecular formula is C33H37N3O6. The Kier molecular flexibility index (Phi) is 6.98. The van der Waals surface area contributed by atoms with Crippen molar-refractivity contribution in [3.05, 3.63) is 77.9 Å². The Bertz CT molecular complexity index is 1460. The van der Waals surface area contributed by atoms with Crippen LogP contribution in [-0.4, -0.2) is 77.8 Å². The molecule has 2 fully saturated rings. The average Bonchev–Trinajstić information content (AvgIpc) is 3.22. The predicted octanol–water partition coefficient (Wildman–Crippen LogP) is 3.17. The highest BCUT2D eigenvalue weighted by molar-refractivity contribution is 6.08. The SMILES string of the molecule is CCOc1ccc(N2CC=C[C@]3(C)O[C@]45C=CCN(c6c(C)cccc6C)C(=O)C4N(CCO)C(=O)[C@@H]5[C@@H]3C2=O)cc1. The first-order valence-corrected chi connectivity index (χ1v) is 14.6. The zero-order valence-corrected chi connectivity index (χ0v) is 24.4. The average molecular weight is 572 g/mol. The van der Waals surface area contributed by atoms with E-state index in [1.54, 1.807) is 9.80 Å². The standard InChI is InChI=1S/C33H37N3O6/c1-5-41-24-13-11-23(12-14-24)34-17-7-15-32(4)25(29(34)38)26-30(39)36(19-20-37)28-31(40)35(18-8-16-33(26,28)42-32)27-21(2)9-6-10-22(27)3/h6-16,25-26,28,37H,5,17-20H2,1-4H3/t25-,26+,28?,32+,33+/m1/s1. The Hall–Kier alpha value is -3.95. The molecule has 5 atom stereocenters. The van der Waals surface area contributed by atoms with E-state index in [1.165, 1.54) is 4.90 Å². The zero-order valence-electron chi connectivity index (χ0n) is 24.4. The third kappa shape index (κ3) is 4.09. The molecule has 0 radical (unpaired) electrons. The Labute approximate surface area is 246 Å². The van der Waals surface area contributed by atoms with Crippen molar-refractivity contribution < 1.29 is 29.0 Å². The minimum absolute atomic E-state index is 0.0403. The van der Waals surface area contributed by atoms with Crippen molar-refractivity contribution in [3.63, 3.8) is 0 Å². The summed E-state index contributed by atoms with van der Waals surface area (Å²) in [5.74, 6) is -2.02. The second-order valence-electron chi connectivity index (χ2n) is 11.6. The summed E-state index contributed by atoms with van der Waals surface area (Å²) in [6.45, 7) is 8.44. The molecule has 2 aromatic rings. The number of aliphatic hydroxyl groups excluding tert-OH is 1. The maximum Gasteiger partial charge on any atom is 0.253 e. The molecule has 9 heteroatoms. The van der Waals surface area contributed by atoms with Crippen LogP contribution >= 0.6 is 0 Å². The summed E-state index contributed by atoms with van der Waals surface area (Å²) in [4.78, 5) is 48.1. The van der Waals surface area contributed by atoms with Crippen molar-refractivity contribution in [1.82, 2.24) is 4.90 Å². The highest BCUT2D eigenvalue weighted by Gasteiger charge is 2.74. The number of hydrogen-bond acceptors (Lipinski definition) is 6. The molecule has 1 N–H and O–H groups in total. The fourth-order valence-electron chi connectivity index (χ4n) is 7.42. The Morgan fingerprint density at radius 3 is 2.24 bits per heavy atom. The van der Waals surface area contributed by atoms with Crippen LogP contribution in [0.1, 0.15) is 25.0 Å². The van der Waals surface area contributed by atoms with E-state index < -0.39 is 29.1 Å². The summed E-state index contributed by atoms with van der Waals surface area (Å²) < 4.78 is 12.4. The second-order valence-corrected chi connectivity index (χ2v) is 11.6. The molecule has 0 bridgehead atoms. The third-order valence-electron chi connectivity index (χ3n) is 9.07. The summed E-state index contributed by atoms with van der Waals surface area (Å²) in [7, 11) is 0. The molecule has 42 heavy (non-hydrogen) atoms. The molecule has 4 aliphatic heterocycles. The Balaban J connectivity index is 1.44. The van der Waals surface area contributed by atoms with Gasteiger partial charge in [0.05, 0.1) is 30.7 Å². The van der Waals surface area contributed by atoms with Gasteiger partial charge in [0.2, 0.25) is 11.8 Å². The fourth-order valence-corrected chi connectivity index (χ4v) is 7.42. The predicted molar refractivity (Wildman–Crippen MR) is 158 cm³/mol. The van der Waals surface area contributed by atoms with Crippen LogP contribution in [0.25, 0.3) is 0 Å². The van der Waals surface area contributed by atoms with Gasteiger partial charge in [0.15, 0.2) is 0 Å². The lowest BCUT2D eigenvalue weighted by Crippen LogP contribution is -2.56. The van der Waals surface area contributed by atoms with Gasteiger partial charge in [-0.25, -0.2) is 0 Å². The lowest BCUT2D eigenvalue weighted by molar-refractivity contribution is -0.144. The number of hydrogen-bond donors (Lipinski definition) is 1. The topological polar surface area (TPSA) is 99.6 Å². The van der Waals surface area contributed by atoms with E-state index in [0.29, 0.717) is 31.1 Å². The number of fused-ring (bicyclic) bond motifs is 2. The van der Waals surface area contributed by atoms with Crippen molar-refractivity contribution in [2.45, 2.75) is 44.9 Å². The fraction of sp³-hybridized carbons (Fsp3) is 0.424. The number of ether oxygens (including phenoxy) is 2. The van der Waals surface area contributed by atoms with Crippen LogP contribution in [0, 0.1) is 25.7 Å². The molecule has 0 saturated carbocycles. The highest BCUT2D eigenvalue weighted by Crippen LogP contribution is 2.57. The number of rotatable bonds is 6. The molecule has 9 nitrogen and oxygen atoms in total. The number of carbonyl (C=O) groups is 3. The number of anilines is 2. The van der Waals surface area contributed by atoms with Gasteiger partial charge in [-0.1, -0.05) is 42.5 Å². The number of carbonyl (C=O) groups excluding carboxylic acids is 3. The van der Waals surface area contributed by atoms with Crippen LogP contribution in [-0.2, 0) is 19.1 Å². The van der Waals surface area contributed by atoms with Crippen LogP contribution in [0.5, 0.6) is 5.75 Å². The van der Waals surface area contributed by atoms with Gasteiger partial charge in [0.1, 0.15) is 17.4 Å². The van der Waals surface area contributed by atoms with Crippen LogP contribution in [0.2, 0.25) is 0 Å². The Morgan fingerprint density at radius 1 is 0.905 bits per heavy atom. The normalized spacial score (nSPS) is 30.3. The van der Waals surface area contributed by atoms with Gasteiger partial charge in [0, 0.05) is 31.0 Å². The first-order chi connectivity index (χ1) is 20.2. The molecule has 2 aromatic carbocycles. The van der Waals surface area contributed by atoms with Crippen LogP contribution < -0.4 is 14.5 Å². The van der Waals surface area contributed by atoms with Gasteiger partial charge >= 0.3 is 0 Å². The lowest BCUT2D eigenvalue weighted by atomic mass is 9.74. The number of benzene rings is 2. The summed E-state index contributed by atoms with van der Waals surface area (Å²) in [6.07, 6.45) is 7.46. The highest BCUT2D eigenvalue weighted by atomic mass is 16.5. The summed E-state index contributed by atoms with van der Waals surface area (Å²) >= 11 is 0. The minimum Gasteiger partial charge on any atom is -0.494 e. The van der Waals surface area contributed by atoms with Gasteiger partial charge in [0.25, 0.3) is 5.91 Å². The minimum atomic E-state index is -1.38. The third-order valence-corrected chi connectivity index (χ3v) is 9.07. The maximum atomic E-state index is 14.5. The number of aryl methyl sites for hydroxylation is 2. The zero-order chi connectivity index (χ0) is 29.8. The molecule has 2 saturated heterocycles. The smallest absolute Gasteiger partial charge is 0.253 e. The van der Waals surface area contributed by atoms with Gasteiger partial charge in [-0.2, -0.15) is 0 Å². The number of amides is 3. The van der Waals surface area contributed by atoms with Gasteiger partial charge < -0.3 is 29.3 Å². The van der Waals surface area contributed by atoms with E-state index in [9.17, 15) is 19.5 Å². The number of β-amino-alcohol motifs (C(OH)–C–C–N with tert-alkyl or cyclic N) is 1. The maximum absolute atomic E-state index is 14.5. The van der Waals surface area contributed by atoms with Crippen LogP contribution in [0.15, 0.2) is 66.8 Å². The second kappa shape index (κ2) is 10.4. The molecule has 0 aromatic heterocycles. The first-order valence-electron chi connectivity index (χ1n) is 14.6. The van der Waals surface area contributed by atoms with Crippen molar-refractivity contribution in [1.29, 1.82) is 0 Å². The number of likely N-dealkylation sites (tertiary alicyclic amines) is 1. The van der Waals surface area contributed by atoms with Crippen molar-refractivity contribution in [2.75, 3.05) is 42.6 Å². The molecule has 1 unspecified atom stereocenters. The lowest BCUT2D eigenvalue weighted by Gasteiger charge is -2.37. The van der Waals surface area contributed by atoms with Crippen LogP contribution in [0.4, 0.5) is 11.4 Å². The van der Waals surface area contributed by atoms with E-state index in [0.717, 1.165) is 16.8 Å². The molecule has 4 aliphatic rings. The van der Waals surface area contributed by atoms with Crippen molar-refractivity contribution >= 4 is 29.1 Å². The van der Waals surface area contributed by atoms with Crippen LogP contribution in [0.3, 0.4) is 0 Å². The summed E-state index contributed by atoms with van der Waals surface area (Å²) in [5, 5.41) is 9.98. The number of para-hydroxylation sites is 1. The molecule has 0 aliphatic carbocycles. The summed E-state index contributed by atoms with van der Waals surface area (Å²) in [5.41, 5.74) is 0.850. The van der Waals surface area contributed by atoms with Gasteiger partial charge in [-0.15, -0.1) is 0 Å². The van der Waals surface area contributed by atoms with E-state index in [2.05, 4.69) is 0 Å².